The monoisotopic (exact) mass is 567 g/mol. The molecule has 208 valence electrons. The number of hydrogen-bond acceptors (Lipinski definition) is 8. The summed E-state index contributed by atoms with van der Waals surface area (Å²) < 4.78 is 90.8. The minimum atomic E-state index is -4.76. The second-order valence-corrected chi connectivity index (χ2v) is 9.72. The Morgan fingerprint density at radius 2 is 2.00 bits per heavy atom. The molecule has 2 aromatic heterocycles. The van der Waals surface area contributed by atoms with Crippen molar-refractivity contribution in [2.24, 2.45) is 7.05 Å². The van der Waals surface area contributed by atoms with E-state index < -0.39 is 42.1 Å². The second kappa shape index (κ2) is 10.6. The Morgan fingerprint density at radius 3 is 2.63 bits per heavy atom. The van der Waals surface area contributed by atoms with E-state index in [-0.39, 0.29) is 29.2 Å². The topological polar surface area (TPSA) is 103 Å². The van der Waals surface area contributed by atoms with Gasteiger partial charge in [-0.3, -0.25) is 9.53 Å². The predicted octanol–water partition coefficient (Wildman–Crippen LogP) is 4.41. The van der Waals surface area contributed by atoms with E-state index in [4.69, 9.17) is 9.15 Å². The average Bonchev–Trinajstić information content (AvgIpc) is 3.45. The molecule has 1 amide bonds. The first-order valence-electron chi connectivity index (χ1n) is 11.2. The van der Waals surface area contributed by atoms with Crippen LogP contribution < -0.4 is 15.4 Å². The van der Waals surface area contributed by atoms with Crippen LogP contribution in [0.4, 0.5) is 26.3 Å². The van der Waals surface area contributed by atoms with Gasteiger partial charge in [-0.05, 0) is 37.3 Å². The molecule has 9 nitrogen and oxygen atoms in total. The molecule has 1 fully saturated rings. The molecule has 0 radical (unpaired) electrons. The van der Waals surface area contributed by atoms with Crippen molar-refractivity contribution in [1.29, 1.82) is 0 Å². The van der Waals surface area contributed by atoms with Gasteiger partial charge < -0.3 is 24.4 Å². The van der Waals surface area contributed by atoms with E-state index in [1.165, 1.54) is 35.5 Å². The molecule has 0 unspecified atom stereocenters. The van der Waals surface area contributed by atoms with E-state index in [1.807, 2.05) is 6.26 Å². The first-order valence-corrected chi connectivity index (χ1v) is 12.5. The molecule has 0 bridgehead atoms. The number of carbonyl (C=O) groups excluding carboxylic acids is 1. The van der Waals surface area contributed by atoms with E-state index in [2.05, 4.69) is 25.6 Å². The number of aromatic nitrogens is 3. The van der Waals surface area contributed by atoms with Crippen molar-refractivity contribution in [1.82, 2.24) is 25.4 Å². The lowest BCUT2D eigenvalue weighted by Crippen LogP contribution is -2.56. The normalized spacial score (nSPS) is 20.6. The summed E-state index contributed by atoms with van der Waals surface area (Å²) in [5.74, 6) is -0.270. The quantitative estimate of drug-likeness (QED) is 0.235. The zero-order chi connectivity index (χ0) is 27.7. The van der Waals surface area contributed by atoms with Gasteiger partial charge in [0.1, 0.15) is 12.3 Å². The van der Waals surface area contributed by atoms with Crippen LogP contribution in [0.3, 0.4) is 0 Å². The summed E-state index contributed by atoms with van der Waals surface area (Å²) in [5.41, 5.74) is -0.307. The Labute approximate surface area is 216 Å². The number of fused-ring (bicyclic) bond motifs is 1. The highest BCUT2D eigenvalue weighted by atomic mass is 32.2. The highest BCUT2D eigenvalue weighted by Gasteiger charge is 2.39. The maximum absolute atomic E-state index is 13.2. The number of nitrogens with one attached hydrogen (secondary N) is 2. The number of amides is 1. The average molecular weight is 568 g/mol. The molecule has 16 heteroatoms. The zero-order valence-electron chi connectivity index (χ0n) is 20.1. The molecule has 1 aliphatic rings. The lowest BCUT2D eigenvalue weighted by atomic mass is 9.99. The van der Waals surface area contributed by atoms with Crippen LogP contribution in [0, 0.1) is 0 Å². The lowest BCUT2D eigenvalue weighted by molar-refractivity contribution is -0.325. The number of hydrogen-bond donors (Lipinski definition) is 2. The van der Waals surface area contributed by atoms with Gasteiger partial charge in [-0.25, -0.2) is 0 Å². The fourth-order valence-electron chi connectivity index (χ4n) is 4.10. The minimum Gasteiger partial charge on any atom is -0.447 e. The summed E-state index contributed by atoms with van der Waals surface area (Å²) in [6.07, 6.45) is -6.80. The van der Waals surface area contributed by atoms with E-state index >= 15 is 0 Å². The van der Waals surface area contributed by atoms with Crippen LogP contribution in [0.25, 0.3) is 10.9 Å². The highest BCUT2D eigenvalue weighted by molar-refractivity contribution is 8.00. The number of alkyl halides is 6. The molecular weight excluding hydrogens is 544 g/mol. The van der Waals surface area contributed by atoms with Crippen molar-refractivity contribution in [2.45, 2.75) is 36.3 Å². The number of carbonyl (C=O) groups is 1. The van der Waals surface area contributed by atoms with E-state index in [0.717, 1.165) is 12.1 Å². The van der Waals surface area contributed by atoms with Crippen LogP contribution in [0.1, 0.15) is 40.8 Å². The molecule has 2 atom stereocenters. The number of piperidine rings is 1. The molecule has 3 heterocycles. The molecular formula is C22H23F6N5O4S. The third-order valence-electron chi connectivity index (χ3n) is 6.10. The van der Waals surface area contributed by atoms with Gasteiger partial charge in [0.25, 0.3) is 5.91 Å². The van der Waals surface area contributed by atoms with Crippen molar-refractivity contribution >= 4 is 28.6 Å². The predicted molar refractivity (Wildman–Crippen MR) is 123 cm³/mol. The van der Waals surface area contributed by atoms with Gasteiger partial charge in [0.05, 0.1) is 23.1 Å². The Hall–Kier alpha value is -2.98. The Bertz CT molecular complexity index is 1280. The number of ether oxygens (including phenoxy) is 2. The van der Waals surface area contributed by atoms with Crippen LogP contribution in [0.15, 0.2) is 28.7 Å². The first-order chi connectivity index (χ1) is 17.8. The van der Waals surface area contributed by atoms with Crippen LogP contribution in [0.5, 0.6) is 6.08 Å². The van der Waals surface area contributed by atoms with Crippen LogP contribution in [0.2, 0.25) is 0 Å². The van der Waals surface area contributed by atoms with Gasteiger partial charge >= 0.3 is 18.6 Å². The molecule has 0 aliphatic carbocycles. The molecule has 2 N–H and O–H groups in total. The lowest BCUT2D eigenvalue weighted by Gasteiger charge is -2.39. The van der Waals surface area contributed by atoms with E-state index in [9.17, 15) is 31.1 Å². The largest absolute Gasteiger partial charge is 0.522 e. The van der Waals surface area contributed by atoms with Crippen molar-refractivity contribution < 1.29 is 45.0 Å². The second-order valence-electron chi connectivity index (χ2n) is 8.53. The molecule has 1 saturated heterocycles. The molecule has 0 spiro atoms. The van der Waals surface area contributed by atoms with E-state index in [1.54, 1.807) is 0 Å². The van der Waals surface area contributed by atoms with Crippen molar-refractivity contribution in [2.75, 3.05) is 26.0 Å². The molecule has 1 aliphatic heterocycles. The number of halogens is 6. The molecule has 0 saturated carbocycles. The summed E-state index contributed by atoms with van der Waals surface area (Å²) in [6.45, 7) is -0.879. The first kappa shape index (κ1) is 28.0. The van der Waals surface area contributed by atoms with Crippen molar-refractivity contribution in [3.8, 4) is 6.08 Å². The fourth-order valence-corrected chi connectivity index (χ4v) is 4.84. The minimum absolute atomic E-state index is 0.173. The van der Waals surface area contributed by atoms with E-state index in [0.29, 0.717) is 24.8 Å². The summed E-state index contributed by atoms with van der Waals surface area (Å²) >= 11 is 1.40. The van der Waals surface area contributed by atoms with Gasteiger partial charge in [0.15, 0.2) is 0 Å². The van der Waals surface area contributed by atoms with Crippen molar-refractivity contribution in [3.63, 3.8) is 0 Å². The molecule has 1 aromatic carbocycles. The number of thioether (sulfide) groups is 1. The SMILES string of the molecule is CS[C@@]1(NC(=O)c2cc3ccc(C(F)(F)F)cc3n2C)CC[C@H](c2nnc(OCCOC(F)(F)F)o2)NC1. The van der Waals surface area contributed by atoms with Crippen LogP contribution >= 0.6 is 11.8 Å². The number of benzene rings is 1. The molecule has 38 heavy (non-hydrogen) atoms. The third-order valence-corrected chi connectivity index (χ3v) is 7.34. The fraction of sp³-hybridized carbons (Fsp3) is 0.500. The van der Waals surface area contributed by atoms with Gasteiger partial charge in [-0.15, -0.1) is 30.0 Å². The van der Waals surface area contributed by atoms with Crippen molar-refractivity contribution in [3.05, 3.63) is 41.4 Å². The Kier molecular flexibility index (Phi) is 7.86. The summed E-state index contributed by atoms with van der Waals surface area (Å²) in [7, 11) is 1.53. The summed E-state index contributed by atoms with van der Waals surface area (Å²) in [6, 6.07) is 4.47. The zero-order valence-corrected chi connectivity index (χ0v) is 20.9. The number of rotatable bonds is 8. The smallest absolute Gasteiger partial charge is 0.447 e. The third kappa shape index (κ3) is 6.35. The summed E-state index contributed by atoms with van der Waals surface area (Å²) in [5, 5.41) is 14.2. The number of nitrogens with zero attached hydrogens (tertiary/aromatic N) is 3. The highest BCUT2D eigenvalue weighted by Crippen LogP contribution is 2.36. The Balaban J connectivity index is 1.37. The van der Waals surface area contributed by atoms with Crippen LogP contribution in [-0.2, 0) is 18.0 Å². The van der Waals surface area contributed by atoms with Gasteiger partial charge in [-0.2, -0.15) is 13.2 Å². The van der Waals surface area contributed by atoms with Gasteiger partial charge in [0.2, 0.25) is 5.89 Å². The van der Waals surface area contributed by atoms with Gasteiger partial charge in [0, 0.05) is 24.5 Å². The molecule has 4 rings (SSSR count). The summed E-state index contributed by atoms with van der Waals surface area (Å²) in [4.78, 5) is 12.4. The van der Waals surface area contributed by atoms with Crippen LogP contribution in [-0.4, -0.2) is 57.9 Å². The number of aryl methyl sites for hydroxylation is 1. The van der Waals surface area contributed by atoms with Gasteiger partial charge in [-0.1, -0.05) is 11.2 Å². The maximum Gasteiger partial charge on any atom is 0.522 e. The Morgan fingerprint density at radius 1 is 1.24 bits per heavy atom. The molecule has 3 aromatic rings. The maximum atomic E-state index is 13.2. The standard InChI is InChI=1S/C22H23F6N5O4S/c1-33-15-10-13(21(23,24)25)4-3-12(15)9-16(33)17(34)30-20(38-2)6-5-14(29-11-20)18-31-32-19(37-18)35-7-8-36-22(26,27)28/h3-4,9-10,14,29H,5-8,11H2,1-2H3,(H,30,34)/t14-,20+/m1/s1.